The van der Waals surface area contributed by atoms with Gasteiger partial charge in [0.05, 0.1) is 12.2 Å². The predicted octanol–water partition coefficient (Wildman–Crippen LogP) is 4.69. The molecule has 2 unspecified atom stereocenters. The first kappa shape index (κ1) is 10.6. The third-order valence-electron chi connectivity index (χ3n) is 1.84. The van der Waals surface area contributed by atoms with Crippen LogP contribution in [0.2, 0.25) is 0 Å². The molecule has 2 heteroatoms. The van der Waals surface area contributed by atoms with Crippen molar-refractivity contribution in [1.29, 1.82) is 0 Å². The smallest absolute Gasteiger partial charge is 0.161 e. The van der Waals surface area contributed by atoms with Crippen molar-refractivity contribution in [2.24, 2.45) is 0 Å². The Morgan fingerprint density at radius 2 is 1.65 bits per heavy atom. The molecule has 0 aromatic rings. The van der Waals surface area contributed by atoms with E-state index in [0.717, 1.165) is 0 Å². The van der Waals surface area contributed by atoms with E-state index in [0.29, 0.717) is 6.42 Å². The topological polar surface area (TPSA) is 18.5 Å². The largest absolute Gasteiger partial charge is 0.350 e. The normalized spacial score (nSPS) is 20.5. The zero-order valence-electron chi connectivity index (χ0n) is 15.8. The third-order valence-corrected chi connectivity index (χ3v) is 1.84. The van der Waals surface area contributed by atoms with Gasteiger partial charge >= 0.3 is 0 Å². The summed E-state index contributed by atoms with van der Waals surface area (Å²) in [6.45, 7) is 9.43. The summed E-state index contributed by atoms with van der Waals surface area (Å²) >= 11 is 0. The van der Waals surface area contributed by atoms with Gasteiger partial charge in [-0.05, 0) is 40.5 Å². The van der Waals surface area contributed by atoms with Gasteiger partial charge in [0.25, 0.3) is 0 Å². The van der Waals surface area contributed by atoms with Gasteiger partial charge < -0.3 is 9.47 Å². The van der Waals surface area contributed by atoms with Crippen LogP contribution in [0, 0.1) is 0 Å². The van der Waals surface area contributed by atoms with Crippen molar-refractivity contribution in [2.45, 2.75) is 85.1 Å². The minimum absolute atomic E-state index is 0.0482. The highest BCUT2D eigenvalue weighted by Crippen LogP contribution is 2.09. The van der Waals surface area contributed by atoms with E-state index in [1.54, 1.807) is 19.1 Å². The van der Waals surface area contributed by atoms with Crippen LogP contribution in [0.5, 0.6) is 0 Å². The Kier molecular flexibility index (Phi) is 6.71. The van der Waals surface area contributed by atoms with Crippen molar-refractivity contribution in [3.8, 4) is 0 Å². The van der Waals surface area contributed by atoms with Gasteiger partial charge in [0.15, 0.2) is 6.29 Å². The van der Waals surface area contributed by atoms with E-state index in [1.165, 1.54) is 0 Å². The third kappa shape index (κ3) is 11.9. The van der Waals surface area contributed by atoms with Gasteiger partial charge in [0, 0.05) is 11.9 Å². The van der Waals surface area contributed by atoms with E-state index < -0.39 is 19.2 Å². The molecule has 2 nitrogen and oxygen atoms in total. The van der Waals surface area contributed by atoms with E-state index in [-0.39, 0.29) is 24.9 Å². The zero-order valence-corrected chi connectivity index (χ0v) is 11.8. The molecule has 0 saturated carbocycles. The van der Waals surface area contributed by atoms with Crippen LogP contribution in [0.4, 0.5) is 0 Å². The van der Waals surface area contributed by atoms with Crippen LogP contribution >= 0.6 is 0 Å². The van der Waals surface area contributed by atoms with Crippen LogP contribution in [-0.2, 0) is 9.47 Å². The van der Waals surface area contributed by atoms with Gasteiger partial charge in [-0.25, -0.2) is 0 Å². The molecule has 102 valence electrons. The first-order valence-electron chi connectivity index (χ1n) is 8.57. The summed E-state index contributed by atoms with van der Waals surface area (Å²) in [5.41, 5.74) is 0. The second kappa shape index (κ2) is 10.8. The Morgan fingerprint density at radius 1 is 1.06 bits per heavy atom. The fraction of sp³-hybridized carbons (Fsp3) is 0.867. The van der Waals surface area contributed by atoms with Crippen LogP contribution < -0.4 is 0 Å². The maximum Gasteiger partial charge on any atom is 0.161 e. The first-order valence-corrected chi connectivity index (χ1v) is 6.42. The fourth-order valence-electron chi connectivity index (χ4n) is 1.26. The molecule has 0 rings (SSSR count). The maximum absolute atomic E-state index is 7.87. The van der Waals surface area contributed by atoms with Gasteiger partial charge in [-0.1, -0.05) is 31.9 Å². The molecule has 0 radical (unpaired) electrons. The van der Waals surface area contributed by atoms with E-state index in [1.807, 2.05) is 27.7 Å². The van der Waals surface area contributed by atoms with E-state index in [4.69, 9.17) is 15.0 Å². The lowest BCUT2D eigenvalue weighted by molar-refractivity contribution is -0.178. The molecule has 0 aliphatic rings. The molecule has 0 N–H and O–H groups in total. The molecule has 0 spiro atoms. The lowest BCUT2D eigenvalue weighted by Gasteiger charge is -2.21. The number of ether oxygens (including phenoxy) is 2. The second-order valence-corrected chi connectivity index (χ2v) is 4.38. The second-order valence-electron chi connectivity index (χ2n) is 4.38. The van der Waals surface area contributed by atoms with Crippen molar-refractivity contribution >= 4 is 0 Å². The minimum atomic E-state index is -1.64. The first-order chi connectivity index (χ1) is 9.60. The Morgan fingerprint density at radius 3 is 2.12 bits per heavy atom. The molecule has 0 aliphatic heterocycles. The summed E-state index contributed by atoms with van der Waals surface area (Å²) in [6.07, 6.45) is 0.144. The van der Waals surface area contributed by atoms with Gasteiger partial charge in [-0.2, -0.15) is 0 Å². The monoisotopic (exact) mass is 246 g/mol. The maximum atomic E-state index is 7.87. The Balaban J connectivity index is 4.49. The number of allylic oxidation sites excluding steroid dienone is 1. The zero-order chi connectivity index (χ0) is 16.6. The average molecular weight is 246 g/mol. The van der Waals surface area contributed by atoms with E-state index in [2.05, 4.69) is 0 Å². The summed E-state index contributed by atoms with van der Waals surface area (Å²) in [5, 5.41) is 0. The average Bonchev–Trinajstić information content (AvgIpc) is 2.35. The summed E-state index contributed by atoms with van der Waals surface area (Å²) in [5.74, 6) is 0. The molecule has 0 aromatic carbocycles. The summed E-state index contributed by atoms with van der Waals surface area (Å²) in [6, 6.07) is 0. The molecule has 0 saturated heterocycles. The van der Waals surface area contributed by atoms with Crippen molar-refractivity contribution in [3.05, 3.63) is 12.2 Å². The number of hydrogen-bond acceptors (Lipinski definition) is 2. The molecule has 0 heterocycles. The quantitative estimate of drug-likeness (QED) is 0.411. The molecule has 0 aliphatic carbocycles. The molecule has 0 fully saturated rings. The van der Waals surface area contributed by atoms with Gasteiger partial charge in [0.1, 0.15) is 0 Å². The van der Waals surface area contributed by atoms with Crippen LogP contribution in [-0.4, -0.2) is 18.5 Å². The number of hydrogen-bond donors (Lipinski definition) is 0. The van der Waals surface area contributed by atoms with Crippen LogP contribution in [0.3, 0.4) is 0 Å². The van der Waals surface area contributed by atoms with Crippen molar-refractivity contribution in [2.75, 3.05) is 0 Å². The Bertz CT molecular complexity index is 296. The molecular weight excluding hydrogens is 212 g/mol. The SMILES string of the molecule is [2H]C(/C=C\CC(OC(C)C)OC(C)C)C([2H])C([2H])([2H])CC. The molecule has 0 aromatic heterocycles. The Labute approximate surface area is 113 Å². The molecule has 2 atom stereocenters. The fourth-order valence-corrected chi connectivity index (χ4v) is 1.26. The highest BCUT2D eigenvalue weighted by Gasteiger charge is 2.11. The van der Waals surface area contributed by atoms with Gasteiger partial charge in [-0.15, -0.1) is 0 Å². The highest BCUT2D eigenvalue weighted by atomic mass is 16.7. The number of rotatable bonds is 10. The summed E-state index contributed by atoms with van der Waals surface area (Å²) in [7, 11) is 0. The molecule has 0 bridgehead atoms. The lowest BCUT2D eigenvalue weighted by Crippen LogP contribution is -2.23. The van der Waals surface area contributed by atoms with Crippen molar-refractivity contribution in [3.63, 3.8) is 0 Å². The minimum Gasteiger partial charge on any atom is -0.350 e. The predicted molar refractivity (Wildman–Crippen MR) is 74.1 cm³/mol. The standard InChI is InChI=1S/C15H30O2/c1-6-7-8-9-10-11-12-15(16-13(2)3)17-14(4)5/h10-11,13-15H,6-9,12H2,1-5H3/b11-10-/i7D2,8D,9D. The van der Waals surface area contributed by atoms with E-state index >= 15 is 0 Å². The van der Waals surface area contributed by atoms with Crippen LogP contribution in [0.15, 0.2) is 12.2 Å². The molecular formula is C15H30O2. The lowest BCUT2D eigenvalue weighted by atomic mass is 10.2. The van der Waals surface area contributed by atoms with Crippen LogP contribution in [0.1, 0.15) is 72.1 Å². The van der Waals surface area contributed by atoms with Gasteiger partial charge in [0.2, 0.25) is 0 Å². The van der Waals surface area contributed by atoms with Crippen molar-refractivity contribution < 1.29 is 15.0 Å². The Hall–Kier alpha value is -0.340. The van der Waals surface area contributed by atoms with Gasteiger partial charge in [-0.3, -0.25) is 0 Å². The van der Waals surface area contributed by atoms with Crippen LogP contribution in [0.25, 0.3) is 0 Å². The summed E-state index contributed by atoms with van der Waals surface area (Å²) < 4.78 is 42.3. The van der Waals surface area contributed by atoms with E-state index in [9.17, 15) is 0 Å². The van der Waals surface area contributed by atoms with Crippen molar-refractivity contribution in [1.82, 2.24) is 0 Å². The molecule has 17 heavy (non-hydrogen) atoms. The molecule has 0 amide bonds. The summed E-state index contributed by atoms with van der Waals surface area (Å²) in [4.78, 5) is 0. The highest BCUT2D eigenvalue weighted by molar-refractivity contribution is 4.82.